The average Bonchev–Trinajstić information content (AvgIpc) is 3.44. The number of ether oxygens (including phenoxy) is 2. The summed E-state index contributed by atoms with van der Waals surface area (Å²) in [5, 5.41) is -0.0215. The molecule has 3 aromatic rings. The van der Waals surface area contributed by atoms with Crippen molar-refractivity contribution < 1.29 is 22.7 Å². The molecule has 11 heteroatoms. The van der Waals surface area contributed by atoms with Crippen LogP contribution in [0.5, 0.6) is 5.75 Å². The van der Waals surface area contributed by atoms with Crippen LogP contribution in [0, 0.1) is 17.3 Å². The van der Waals surface area contributed by atoms with E-state index < -0.39 is 26.8 Å². The number of hydrogen-bond donors (Lipinski definition) is 1. The fourth-order valence-corrected chi connectivity index (χ4v) is 11.0. The van der Waals surface area contributed by atoms with E-state index in [1.165, 1.54) is 11.1 Å². The van der Waals surface area contributed by atoms with Gasteiger partial charge in [-0.1, -0.05) is 31.5 Å². The lowest BCUT2D eigenvalue weighted by atomic mass is 9.53. The first-order valence-electron chi connectivity index (χ1n) is 17.7. The van der Waals surface area contributed by atoms with Gasteiger partial charge in [0.15, 0.2) is 0 Å². The Bertz CT molecular complexity index is 1860. The van der Waals surface area contributed by atoms with Crippen molar-refractivity contribution in [2.24, 2.45) is 24.3 Å². The third-order valence-electron chi connectivity index (χ3n) is 12.6. The zero-order chi connectivity index (χ0) is 34.8. The van der Waals surface area contributed by atoms with Crippen molar-refractivity contribution >= 4 is 33.2 Å². The molecule has 0 radical (unpaired) electrons. The number of aryl methyl sites for hydroxylation is 2. The number of nitrogens with one attached hydrogen (secondary N) is 1. The molecule has 2 bridgehead atoms. The number of methoxy groups -OCH3 is 1. The highest BCUT2D eigenvalue weighted by Crippen LogP contribution is 2.59. The Morgan fingerprint density at radius 3 is 2.59 bits per heavy atom. The van der Waals surface area contributed by atoms with Crippen molar-refractivity contribution in [2.45, 2.75) is 88.4 Å². The summed E-state index contributed by atoms with van der Waals surface area (Å²) in [6, 6.07) is 11.6. The van der Waals surface area contributed by atoms with Gasteiger partial charge in [0.25, 0.3) is 5.91 Å². The number of rotatable bonds is 2. The van der Waals surface area contributed by atoms with Gasteiger partial charge in [-0.25, -0.2) is 18.1 Å². The molecule has 1 saturated carbocycles. The van der Waals surface area contributed by atoms with Crippen LogP contribution in [-0.2, 0) is 39.2 Å². The van der Waals surface area contributed by atoms with Crippen molar-refractivity contribution in [1.82, 2.24) is 14.3 Å². The zero-order valence-electron chi connectivity index (χ0n) is 29.3. The molecule has 4 aliphatic rings. The van der Waals surface area contributed by atoms with Gasteiger partial charge in [0.05, 0.1) is 17.5 Å². The quantitative estimate of drug-likeness (QED) is 0.314. The number of carbonyl (C=O) groups excluding carboxylic acids is 1. The molecule has 0 saturated heterocycles. The van der Waals surface area contributed by atoms with E-state index in [0.717, 1.165) is 55.1 Å². The largest absolute Gasteiger partial charge is 0.490 e. The van der Waals surface area contributed by atoms with Crippen LogP contribution in [0.2, 0.25) is 5.02 Å². The van der Waals surface area contributed by atoms with Crippen molar-refractivity contribution in [3.8, 4) is 5.75 Å². The Balaban J connectivity index is 1.38. The summed E-state index contributed by atoms with van der Waals surface area (Å²) in [6.07, 6.45) is 10.9. The van der Waals surface area contributed by atoms with E-state index in [-0.39, 0.29) is 22.7 Å². The predicted octanol–water partition coefficient (Wildman–Crippen LogP) is 6.77. The molecule has 2 aliphatic heterocycles. The SMILES string of the molecule is CO[C@@]1(c2nccn2C)CCC[C@H](C)[C@@H](C)S(=O)(=O)NC(=O)c2ccc3c(c2)N(CC2(C)CC[C@H]21)C[C@@]1(CCCc2cc(Cl)ccc21)CO3. The summed E-state index contributed by atoms with van der Waals surface area (Å²) in [4.78, 5) is 20.9. The zero-order valence-corrected chi connectivity index (χ0v) is 30.9. The number of amides is 1. The Kier molecular flexibility index (Phi) is 8.84. The second-order valence-corrected chi connectivity index (χ2v) is 18.0. The van der Waals surface area contributed by atoms with Gasteiger partial charge >= 0.3 is 0 Å². The van der Waals surface area contributed by atoms with Crippen LogP contribution in [0.25, 0.3) is 0 Å². The summed E-state index contributed by atoms with van der Waals surface area (Å²) in [6.45, 7) is 7.92. The van der Waals surface area contributed by atoms with Crippen molar-refractivity contribution in [2.75, 3.05) is 31.7 Å². The molecule has 264 valence electrons. The van der Waals surface area contributed by atoms with Gasteiger partial charge in [0, 0.05) is 61.6 Å². The minimum absolute atomic E-state index is 0.153. The third kappa shape index (κ3) is 5.85. The fourth-order valence-electron chi connectivity index (χ4n) is 9.50. The summed E-state index contributed by atoms with van der Waals surface area (Å²) in [7, 11) is -0.112. The number of sulfonamides is 1. The van der Waals surface area contributed by atoms with E-state index in [4.69, 9.17) is 26.1 Å². The van der Waals surface area contributed by atoms with Crippen LogP contribution >= 0.6 is 11.6 Å². The molecule has 1 unspecified atom stereocenters. The molecule has 6 atom stereocenters. The number of aromatic nitrogens is 2. The van der Waals surface area contributed by atoms with Crippen LogP contribution in [0.3, 0.4) is 0 Å². The molecule has 9 nitrogen and oxygen atoms in total. The maximum atomic E-state index is 13.6. The number of imidazole rings is 1. The molecule has 2 aromatic carbocycles. The number of halogens is 1. The van der Waals surface area contributed by atoms with Gasteiger partial charge < -0.3 is 18.9 Å². The lowest BCUT2D eigenvalue weighted by molar-refractivity contribution is -0.161. The predicted molar refractivity (Wildman–Crippen MR) is 192 cm³/mol. The van der Waals surface area contributed by atoms with E-state index >= 15 is 0 Å². The van der Waals surface area contributed by atoms with Crippen molar-refractivity contribution in [3.63, 3.8) is 0 Å². The van der Waals surface area contributed by atoms with E-state index in [1.807, 2.05) is 44.6 Å². The molecule has 1 N–H and O–H groups in total. The number of benzene rings is 2. The van der Waals surface area contributed by atoms with Gasteiger partial charge in [-0.3, -0.25) is 4.79 Å². The van der Waals surface area contributed by atoms with Gasteiger partial charge in [-0.05, 0) is 111 Å². The summed E-state index contributed by atoms with van der Waals surface area (Å²) in [5.74, 6) is 0.961. The van der Waals surface area contributed by atoms with Crippen LogP contribution < -0.4 is 14.4 Å². The smallest absolute Gasteiger partial charge is 0.264 e. The number of nitrogens with zero attached hydrogens (tertiary/aromatic N) is 3. The van der Waals surface area contributed by atoms with Crippen LogP contribution in [0.1, 0.15) is 93.0 Å². The molecule has 1 amide bonds. The fraction of sp³-hybridized carbons (Fsp3) is 0.579. The molecule has 1 spiro atoms. The first kappa shape index (κ1) is 34.4. The van der Waals surface area contributed by atoms with Gasteiger partial charge in [0.2, 0.25) is 10.0 Å². The first-order chi connectivity index (χ1) is 23.3. The molecule has 3 heterocycles. The summed E-state index contributed by atoms with van der Waals surface area (Å²) < 4.78 is 44.9. The molecule has 49 heavy (non-hydrogen) atoms. The first-order valence-corrected chi connectivity index (χ1v) is 19.6. The minimum Gasteiger partial charge on any atom is -0.490 e. The monoisotopic (exact) mass is 708 g/mol. The molecule has 1 aromatic heterocycles. The second-order valence-electron chi connectivity index (χ2n) is 15.5. The maximum Gasteiger partial charge on any atom is 0.264 e. The average molecular weight is 709 g/mol. The molecule has 1 fully saturated rings. The van der Waals surface area contributed by atoms with Gasteiger partial charge in [-0.2, -0.15) is 0 Å². The van der Waals surface area contributed by atoms with E-state index in [0.29, 0.717) is 43.9 Å². The van der Waals surface area contributed by atoms with Crippen LogP contribution in [0.15, 0.2) is 48.8 Å². The van der Waals surface area contributed by atoms with Crippen LogP contribution in [-0.4, -0.2) is 55.9 Å². The Labute approximate surface area is 295 Å². The third-order valence-corrected chi connectivity index (χ3v) is 14.7. The number of hydrogen-bond acceptors (Lipinski definition) is 7. The lowest BCUT2D eigenvalue weighted by Crippen LogP contribution is -2.58. The van der Waals surface area contributed by atoms with E-state index in [2.05, 4.69) is 33.2 Å². The van der Waals surface area contributed by atoms with Crippen molar-refractivity contribution in [3.05, 3.63) is 76.3 Å². The van der Waals surface area contributed by atoms with E-state index in [1.54, 1.807) is 20.1 Å². The molecular weight excluding hydrogens is 660 g/mol. The van der Waals surface area contributed by atoms with E-state index in [9.17, 15) is 13.2 Å². The highest BCUT2D eigenvalue weighted by molar-refractivity contribution is 7.90. The Hall–Kier alpha value is -3.08. The molecular formula is C38H49ClN4O5S. The second kappa shape index (κ2) is 12.6. The van der Waals surface area contributed by atoms with Crippen molar-refractivity contribution in [1.29, 1.82) is 0 Å². The number of anilines is 1. The summed E-state index contributed by atoms with van der Waals surface area (Å²) in [5.41, 5.74) is 2.54. The normalized spacial score (nSPS) is 33.0. The number of carbonyl (C=O) groups is 1. The Morgan fingerprint density at radius 1 is 1.06 bits per heavy atom. The highest BCUT2D eigenvalue weighted by Gasteiger charge is 2.58. The molecule has 7 rings (SSSR count). The standard InChI is InChI=1S/C38H49ClN4O5S/c1-25-8-6-16-38(47-5,35-40-18-19-42(35)4)33-14-17-36(33,3)22-43-23-37(15-7-9-27-20-29(39)11-12-30(27)37)24-48-32-13-10-28(21-31(32)43)34(44)41-49(45,46)26(25)2/h10-13,18-21,25-26,33H,6-9,14-17,22-24H2,1-5H3,(H,41,44)/t25-,26+,33+,36?,37-,38-/m0/s1. The van der Waals surface area contributed by atoms with Crippen LogP contribution in [0.4, 0.5) is 5.69 Å². The van der Waals surface area contributed by atoms with Gasteiger partial charge in [-0.15, -0.1) is 0 Å². The highest BCUT2D eigenvalue weighted by atomic mass is 35.5. The molecule has 2 aliphatic carbocycles. The Morgan fingerprint density at radius 2 is 1.88 bits per heavy atom. The topological polar surface area (TPSA) is 103 Å². The maximum absolute atomic E-state index is 13.6. The number of fused-ring (bicyclic) bond motifs is 4. The summed E-state index contributed by atoms with van der Waals surface area (Å²) >= 11 is 6.49. The van der Waals surface area contributed by atoms with Gasteiger partial charge in [0.1, 0.15) is 17.2 Å². The minimum atomic E-state index is -3.94. The lowest BCUT2D eigenvalue weighted by Gasteiger charge is -2.57.